The van der Waals surface area contributed by atoms with Crippen LogP contribution in [0.25, 0.3) is 11.3 Å². The molecule has 2 aromatic heterocycles. The van der Waals surface area contributed by atoms with Gasteiger partial charge in [0.2, 0.25) is 5.95 Å². The van der Waals surface area contributed by atoms with Gasteiger partial charge in [0.25, 0.3) is 0 Å². The van der Waals surface area contributed by atoms with Crippen LogP contribution >= 0.6 is 11.6 Å². The van der Waals surface area contributed by atoms with E-state index in [0.717, 1.165) is 67.9 Å². The average Bonchev–Trinajstić information content (AvgIpc) is 3.30. The van der Waals surface area contributed by atoms with E-state index in [4.69, 9.17) is 21.6 Å². The monoisotopic (exact) mass is 490 g/mol. The summed E-state index contributed by atoms with van der Waals surface area (Å²) in [5, 5.41) is 0.678. The smallest absolute Gasteiger partial charge is 0.228 e. The van der Waals surface area contributed by atoms with Gasteiger partial charge in [0.05, 0.1) is 10.7 Å². The van der Waals surface area contributed by atoms with Crippen LogP contribution in [-0.4, -0.2) is 59.0 Å². The fourth-order valence-corrected chi connectivity index (χ4v) is 5.29. The van der Waals surface area contributed by atoms with Gasteiger partial charge in [0.1, 0.15) is 11.6 Å². The second-order valence-electron chi connectivity index (χ2n) is 9.53. The molecule has 3 aromatic rings. The van der Waals surface area contributed by atoms with Crippen molar-refractivity contribution in [2.75, 3.05) is 40.9 Å². The Kier molecular flexibility index (Phi) is 6.60. The van der Waals surface area contributed by atoms with Crippen LogP contribution in [0.1, 0.15) is 44.0 Å². The number of ketones is 1. The number of piperazine rings is 1. The first-order valence-electron chi connectivity index (χ1n) is 12.3. The molecule has 0 bridgehead atoms. The highest BCUT2D eigenvalue weighted by molar-refractivity contribution is 6.32. The lowest BCUT2D eigenvalue weighted by Crippen LogP contribution is -2.52. The summed E-state index contributed by atoms with van der Waals surface area (Å²) in [4.78, 5) is 33.2. The highest BCUT2D eigenvalue weighted by atomic mass is 35.5. The second-order valence-corrected chi connectivity index (χ2v) is 9.93. The third kappa shape index (κ3) is 4.82. The number of hydrogen-bond donors (Lipinski definition) is 0. The fourth-order valence-electron chi connectivity index (χ4n) is 5.05. The van der Waals surface area contributed by atoms with Crippen LogP contribution in [0, 0.1) is 0 Å². The molecule has 1 aromatic carbocycles. The van der Waals surface area contributed by atoms with E-state index in [1.54, 1.807) is 13.1 Å². The van der Waals surface area contributed by atoms with E-state index in [1.165, 1.54) is 0 Å². The molecule has 0 aliphatic carbocycles. The molecule has 35 heavy (non-hydrogen) atoms. The quantitative estimate of drug-likeness (QED) is 0.461. The molecule has 7 nitrogen and oxygen atoms in total. The van der Waals surface area contributed by atoms with Crippen molar-refractivity contribution >= 4 is 35.0 Å². The van der Waals surface area contributed by atoms with E-state index in [1.807, 2.05) is 36.4 Å². The van der Waals surface area contributed by atoms with Crippen LogP contribution in [-0.2, 0) is 0 Å². The summed E-state index contributed by atoms with van der Waals surface area (Å²) >= 11 is 6.42. The maximum Gasteiger partial charge on any atom is 0.228 e. The Hall–Kier alpha value is -3.19. The minimum absolute atomic E-state index is 0.0613. The Morgan fingerprint density at radius 2 is 1.80 bits per heavy atom. The highest BCUT2D eigenvalue weighted by Crippen LogP contribution is 2.32. The van der Waals surface area contributed by atoms with Crippen LogP contribution in [0.15, 0.2) is 48.7 Å². The summed E-state index contributed by atoms with van der Waals surface area (Å²) < 4.78 is 0. The first kappa shape index (κ1) is 23.5. The zero-order chi connectivity index (χ0) is 24.5. The number of nitrogens with zero attached hydrogens (tertiary/aromatic N) is 6. The Morgan fingerprint density at radius 1 is 1.00 bits per heavy atom. The zero-order valence-corrected chi connectivity index (χ0v) is 21.2. The van der Waals surface area contributed by atoms with Crippen molar-refractivity contribution in [2.24, 2.45) is 0 Å². The van der Waals surface area contributed by atoms with Crippen molar-refractivity contribution in [3.05, 3.63) is 59.2 Å². The van der Waals surface area contributed by atoms with Crippen LogP contribution in [0.2, 0.25) is 5.02 Å². The molecule has 4 heterocycles. The van der Waals surface area contributed by atoms with Crippen molar-refractivity contribution in [2.45, 2.75) is 45.7 Å². The Bertz CT molecular complexity index is 1220. The number of aromatic nitrogens is 3. The predicted octanol–water partition coefficient (Wildman–Crippen LogP) is 5.10. The van der Waals surface area contributed by atoms with Crippen molar-refractivity contribution in [3.8, 4) is 11.3 Å². The Balaban J connectivity index is 1.47. The van der Waals surface area contributed by atoms with Gasteiger partial charge in [0, 0.05) is 61.7 Å². The number of hydrogen-bond acceptors (Lipinski definition) is 7. The second kappa shape index (κ2) is 9.82. The molecule has 1 unspecified atom stereocenters. The topological polar surface area (TPSA) is 65.5 Å². The lowest BCUT2D eigenvalue weighted by Gasteiger charge is -2.41. The van der Waals surface area contributed by atoms with Crippen molar-refractivity contribution in [1.29, 1.82) is 0 Å². The molecule has 0 spiro atoms. The molecule has 2 atom stereocenters. The number of carbonyl (C=O) groups excluding carboxylic acids is 1. The third-order valence-electron chi connectivity index (χ3n) is 7.06. The number of Topliss-reactive ketones (excluding diaryl/α,β-unsaturated/α-hetero) is 1. The number of rotatable bonds is 5. The zero-order valence-electron chi connectivity index (χ0n) is 20.5. The van der Waals surface area contributed by atoms with E-state index in [9.17, 15) is 4.79 Å². The van der Waals surface area contributed by atoms with Gasteiger partial charge < -0.3 is 14.7 Å². The molecule has 8 heteroatoms. The molecule has 2 saturated heterocycles. The first-order valence-corrected chi connectivity index (χ1v) is 12.7. The normalized spacial score (nSPS) is 20.4. The van der Waals surface area contributed by atoms with E-state index >= 15 is 0 Å². The molecule has 2 aliphatic heterocycles. The van der Waals surface area contributed by atoms with Crippen molar-refractivity contribution in [1.82, 2.24) is 15.0 Å². The summed E-state index contributed by atoms with van der Waals surface area (Å²) in [7, 11) is 0. The third-order valence-corrected chi connectivity index (χ3v) is 7.35. The number of carbonyl (C=O) groups is 1. The molecule has 0 amide bonds. The lowest BCUT2D eigenvalue weighted by atomic mass is 10.1. The molecule has 2 fully saturated rings. The molecule has 0 radical (unpaired) electrons. The molecular formula is C27H31ClN6O. The minimum atomic E-state index is 0.0613. The van der Waals surface area contributed by atoms with Gasteiger partial charge in [-0.25, -0.2) is 9.97 Å². The minimum Gasteiger partial charge on any atom is -0.352 e. The molecule has 2 aliphatic rings. The summed E-state index contributed by atoms with van der Waals surface area (Å²) in [5.74, 6) is 2.60. The molecule has 0 N–H and O–H groups in total. The molecule has 182 valence electrons. The van der Waals surface area contributed by atoms with Gasteiger partial charge in [-0.2, -0.15) is 4.98 Å². The van der Waals surface area contributed by atoms with Gasteiger partial charge in [-0.15, -0.1) is 0 Å². The lowest BCUT2D eigenvalue weighted by molar-refractivity contribution is 0.101. The van der Waals surface area contributed by atoms with Crippen molar-refractivity contribution in [3.63, 3.8) is 0 Å². The molecule has 5 rings (SSSR count). The Morgan fingerprint density at radius 3 is 2.46 bits per heavy atom. The van der Waals surface area contributed by atoms with E-state index in [2.05, 4.69) is 39.6 Å². The standard InChI is InChI=1S/C27H31ClN6O/c1-18-6-5-13-34(18)27-30-24(22-10-8-21(9-11-22)20(3)35)16-25(31-27)33-15-14-32(17-19(33)2)26-23(28)7-4-12-29-26/h4,7-12,16,18-19H,5-6,13-15,17H2,1-3H3/t18?,19-/m1/s1. The van der Waals surface area contributed by atoms with Crippen LogP contribution < -0.4 is 14.7 Å². The largest absolute Gasteiger partial charge is 0.352 e. The SMILES string of the molecule is CC(=O)c1ccc(-c2cc(N3CCN(c4ncccc4Cl)C[C@H]3C)nc(N3CCCC3C)n2)cc1. The molecular weight excluding hydrogens is 460 g/mol. The van der Waals surface area contributed by atoms with Crippen LogP contribution in [0.4, 0.5) is 17.6 Å². The van der Waals surface area contributed by atoms with Crippen LogP contribution in [0.5, 0.6) is 0 Å². The average molecular weight is 491 g/mol. The first-order chi connectivity index (χ1) is 16.9. The van der Waals surface area contributed by atoms with Gasteiger partial charge in [-0.3, -0.25) is 4.79 Å². The van der Waals surface area contributed by atoms with Gasteiger partial charge >= 0.3 is 0 Å². The summed E-state index contributed by atoms with van der Waals surface area (Å²) in [6, 6.07) is 14.1. The molecule has 0 saturated carbocycles. The summed E-state index contributed by atoms with van der Waals surface area (Å²) in [6.45, 7) is 9.43. The van der Waals surface area contributed by atoms with E-state index < -0.39 is 0 Å². The number of pyridine rings is 1. The number of anilines is 3. The highest BCUT2D eigenvalue weighted by Gasteiger charge is 2.29. The number of benzene rings is 1. The van der Waals surface area contributed by atoms with Crippen molar-refractivity contribution < 1.29 is 4.79 Å². The van der Waals surface area contributed by atoms with Gasteiger partial charge in [-0.05, 0) is 45.7 Å². The van der Waals surface area contributed by atoms with Crippen LogP contribution in [0.3, 0.4) is 0 Å². The fraction of sp³-hybridized carbons (Fsp3) is 0.407. The van der Waals surface area contributed by atoms with Gasteiger partial charge in [-0.1, -0.05) is 35.9 Å². The van der Waals surface area contributed by atoms with Gasteiger partial charge in [0.15, 0.2) is 5.78 Å². The number of halogens is 1. The maximum absolute atomic E-state index is 11.7. The van der Waals surface area contributed by atoms with E-state index in [0.29, 0.717) is 16.6 Å². The Labute approximate surface area is 211 Å². The summed E-state index contributed by atoms with van der Waals surface area (Å²) in [6.07, 6.45) is 4.09. The predicted molar refractivity (Wildman–Crippen MR) is 142 cm³/mol. The van der Waals surface area contributed by atoms with E-state index in [-0.39, 0.29) is 11.8 Å². The summed E-state index contributed by atoms with van der Waals surface area (Å²) in [5.41, 5.74) is 2.56. The maximum atomic E-state index is 11.7.